The lowest BCUT2D eigenvalue weighted by atomic mass is 10.0. The summed E-state index contributed by atoms with van der Waals surface area (Å²) in [5, 5.41) is 3.04. The Bertz CT molecular complexity index is 965. The summed E-state index contributed by atoms with van der Waals surface area (Å²) in [6.45, 7) is 10.4. The highest BCUT2D eigenvalue weighted by Crippen LogP contribution is 2.32. The molecule has 0 saturated heterocycles. The van der Waals surface area contributed by atoms with Gasteiger partial charge in [-0.05, 0) is 63.8 Å². The summed E-state index contributed by atoms with van der Waals surface area (Å²) in [6, 6.07) is 13.3. The third kappa shape index (κ3) is 6.25. The first kappa shape index (κ1) is 23.6. The van der Waals surface area contributed by atoms with E-state index in [2.05, 4.69) is 11.4 Å². The second kappa shape index (κ2) is 10.1. The van der Waals surface area contributed by atoms with Crippen LogP contribution in [0.25, 0.3) is 0 Å². The molecular weight excluding hydrogens is 404 g/mol. The van der Waals surface area contributed by atoms with Gasteiger partial charge in [0.15, 0.2) is 11.5 Å². The molecule has 32 heavy (non-hydrogen) atoms. The summed E-state index contributed by atoms with van der Waals surface area (Å²) >= 11 is 0. The zero-order valence-electron chi connectivity index (χ0n) is 19.7. The van der Waals surface area contributed by atoms with Crippen molar-refractivity contribution in [3.05, 3.63) is 59.2 Å². The van der Waals surface area contributed by atoms with Crippen molar-refractivity contribution in [3.63, 3.8) is 0 Å². The highest BCUT2D eigenvalue weighted by atomic mass is 16.7. The predicted molar refractivity (Wildman–Crippen MR) is 125 cm³/mol. The molecule has 1 N–H and O–H groups in total. The topological polar surface area (TPSA) is 67.9 Å². The highest BCUT2D eigenvalue weighted by Gasteiger charge is 2.30. The van der Waals surface area contributed by atoms with Crippen molar-refractivity contribution in [1.82, 2.24) is 10.2 Å². The smallest absolute Gasteiger partial charge is 0.243 e. The molecule has 0 bridgehead atoms. The van der Waals surface area contributed by atoms with E-state index < -0.39 is 6.04 Å². The maximum absolute atomic E-state index is 13.4. The number of nitrogens with zero attached hydrogens (tertiary/aromatic N) is 1. The van der Waals surface area contributed by atoms with Crippen LogP contribution in [0.3, 0.4) is 0 Å². The van der Waals surface area contributed by atoms with Gasteiger partial charge in [0.2, 0.25) is 18.6 Å². The predicted octanol–water partition coefficient (Wildman–Crippen LogP) is 4.38. The van der Waals surface area contributed by atoms with Crippen LogP contribution in [0.1, 0.15) is 57.2 Å². The Morgan fingerprint density at radius 3 is 2.50 bits per heavy atom. The Morgan fingerprint density at radius 1 is 1.06 bits per heavy atom. The molecule has 0 spiro atoms. The molecule has 0 aliphatic carbocycles. The van der Waals surface area contributed by atoms with Crippen molar-refractivity contribution in [3.8, 4) is 11.5 Å². The van der Waals surface area contributed by atoms with Crippen LogP contribution in [0.15, 0.2) is 42.5 Å². The zero-order valence-corrected chi connectivity index (χ0v) is 19.7. The number of carbonyl (C=O) groups excluding carboxylic acids is 2. The number of aryl methyl sites for hydroxylation is 2. The monoisotopic (exact) mass is 438 g/mol. The maximum atomic E-state index is 13.4. The van der Waals surface area contributed by atoms with E-state index in [4.69, 9.17) is 9.47 Å². The van der Waals surface area contributed by atoms with Crippen LogP contribution >= 0.6 is 0 Å². The van der Waals surface area contributed by atoms with Gasteiger partial charge >= 0.3 is 0 Å². The molecule has 1 atom stereocenters. The van der Waals surface area contributed by atoms with Gasteiger partial charge in [0, 0.05) is 18.5 Å². The van der Waals surface area contributed by atoms with E-state index in [0.717, 1.165) is 22.4 Å². The molecule has 6 nitrogen and oxygen atoms in total. The number of rotatable bonds is 8. The van der Waals surface area contributed by atoms with Gasteiger partial charge in [-0.3, -0.25) is 9.59 Å². The minimum Gasteiger partial charge on any atom is -0.454 e. The fourth-order valence-electron chi connectivity index (χ4n) is 3.87. The molecule has 2 aromatic carbocycles. The quantitative estimate of drug-likeness (QED) is 0.664. The number of hydrogen-bond donors (Lipinski definition) is 1. The molecule has 1 heterocycles. The van der Waals surface area contributed by atoms with Crippen molar-refractivity contribution in [1.29, 1.82) is 0 Å². The molecule has 6 heteroatoms. The molecule has 1 aliphatic heterocycles. The summed E-state index contributed by atoms with van der Waals surface area (Å²) in [7, 11) is 0. The molecule has 0 aromatic heterocycles. The van der Waals surface area contributed by atoms with Gasteiger partial charge in [-0.1, -0.05) is 42.8 Å². The zero-order chi connectivity index (χ0) is 23.3. The van der Waals surface area contributed by atoms with Crippen molar-refractivity contribution in [2.75, 3.05) is 6.79 Å². The number of fused-ring (bicyclic) bond motifs is 1. The van der Waals surface area contributed by atoms with Crippen molar-refractivity contribution in [2.24, 2.45) is 0 Å². The number of carbonyl (C=O) groups is 2. The molecule has 2 aromatic rings. The standard InChI is InChI=1S/C26H34N2O4/c1-6-21(25(30)27-26(3,4)5)28(16-20-9-7-8-18(2)14-20)24(29)13-11-19-10-12-22-23(15-19)32-17-31-22/h7-10,12,14-15,21H,6,11,13,16-17H2,1-5H3,(H,27,30). The lowest BCUT2D eigenvalue weighted by Crippen LogP contribution is -2.53. The van der Waals surface area contributed by atoms with Crippen LogP contribution in [0.2, 0.25) is 0 Å². The van der Waals surface area contributed by atoms with Gasteiger partial charge in [0.1, 0.15) is 6.04 Å². The van der Waals surface area contributed by atoms with Crippen LogP contribution in [-0.2, 0) is 22.6 Å². The molecule has 172 valence electrons. The van der Waals surface area contributed by atoms with Crippen molar-refractivity contribution < 1.29 is 19.1 Å². The van der Waals surface area contributed by atoms with Crippen LogP contribution in [0.4, 0.5) is 0 Å². The summed E-state index contributed by atoms with van der Waals surface area (Å²) in [5.74, 6) is 1.28. The van der Waals surface area contributed by atoms with E-state index in [1.54, 1.807) is 4.90 Å². The first-order valence-corrected chi connectivity index (χ1v) is 11.2. The normalized spacial score (nSPS) is 13.5. The molecule has 2 amide bonds. The molecule has 1 aliphatic rings. The van der Waals surface area contributed by atoms with E-state index in [-0.39, 0.29) is 24.1 Å². The van der Waals surface area contributed by atoms with Gasteiger partial charge in [-0.2, -0.15) is 0 Å². The molecular formula is C26H34N2O4. The highest BCUT2D eigenvalue weighted by molar-refractivity contribution is 5.88. The molecule has 3 rings (SSSR count). The van der Waals surface area contributed by atoms with Gasteiger partial charge in [0.05, 0.1) is 0 Å². The Hall–Kier alpha value is -3.02. The number of hydrogen-bond acceptors (Lipinski definition) is 4. The summed E-state index contributed by atoms with van der Waals surface area (Å²) < 4.78 is 10.8. The van der Waals surface area contributed by atoms with Gasteiger partial charge in [0.25, 0.3) is 0 Å². The first-order chi connectivity index (χ1) is 15.2. The van der Waals surface area contributed by atoms with Gasteiger partial charge in [-0.15, -0.1) is 0 Å². The fraction of sp³-hybridized carbons (Fsp3) is 0.462. The first-order valence-electron chi connectivity index (χ1n) is 11.2. The van der Waals surface area contributed by atoms with Gasteiger partial charge in [-0.25, -0.2) is 0 Å². The SMILES string of the molecule is CCC(C(=O)NC(C)(C)C)N(Cc1cccc(C)c1)C(=O)CCc1ccc2c(c1)OCO2. The molecule has 1 unspecified atom stereocenters. The third-order valence-electron chi connectivity index (χ3n) is 5.38. The van der Waals surface area contributed by atoms with E-state index in [9.17, 15) is 9.59 Å². The van der Waals surface area contributed by atoms with E-state index >= 15 is 0 Å². The third-order valence-corrected chi connectivity index (χ3v) is 5.38. The molecule has 0 radical (unpaired) electrons. The molecule has 0 saturated carbocycles. The summed E-state index contributed by atoms with van der Waals surface area (Å²) in [6.07, 6.45) is 1.42. The summed E-state index contributed by atoms with van der Waals surface area (Å²) in [4.78, 5) is 28.2. The fourth-order valence-corrected chi connectivity index (χ4v) is 3.87. The largest absolute Gasteiger partial charge is 0.454 e. The van der Waals surface area contributed by atoms with Crippen LogP contribution < -0.4 is 14.8 Å². The minimum atomic E-state index is -0.529. The Morgan fingerprint density at radius 2 is 1.81 bits per heavy atom. The Labute approximate surface area is 190 Å². The van der Waals surface area contributed by atoms with Crippen LogP contribution in [0.5, 0.6) is 11.5 Å². The van der Waals surface area contributed by atoms with Gasteiger partial charge < -0.3 is 19.7 Å². The summed E-state index contributed by atoms with van der Waals surface area (Å²) in [5.41, 5.74) is 2.78. The number of ether oxygens (including phenoxy) is 2. The Balaban J connectivity index is 1.78. The van der Waals surface area contributed by atoms with Crippen LogP contribution in [0, 0.1) is 6.92 Å². The maximum Gasteiger partial charge on any atom is 0.243 e. The second-order valence-corrected chi connectivity index (χ2v) is 9.36. The lowest BCUT2D eigenvalue weighted by Gasteiger charge is -2.33. The number of nitrogens with one attached hydrogen (secondary N) is 1. The van der Waals surface area contributed by atoms with Crippen molar-refractivity contribution >= 4 is 11.8 Å². The van der Waals surface area contributed by atoms with E-state index in [1.807, 2.05) is 71.0 Å². The number of benzene rings is 2. The van der Waals surface area contributed by atoms with E-state index in [0.29, 0.717) is 31.6 Å². The number of amides is 2. The van der Waals surface area contributed by atoms with Crippen LogP contribution in [-0.4, -0.2) is 35.1 Å². The average Bonchev–Trinajstić information content (AvgIpc) is 3.18. The molecule has 0 fully saturated rings. The second-order valence-electron chi connectivity index (χ2n) is 9.36. The Kier molecular flexibility index (Phi) is 7.44. The average molecular weight is 439 g/mol. The minimum absolute atomic E-state index is 0.0416. The van der Waals surface area contributed by atoms with E-state index in [1.165, 1.54) is 0 Å². The lowest BCUT2D eigenvalue weighted by molar-refractivity contribution is -0.142. The van der Waals surface area contributed by atoms with Crippen molar-refractivity contribution in [2.45, 2.75) is 72.0 Å².